The number of rotatable bonds is 6. The molecule has 0 fully saturated rings. The highest BCUT2D eigenvalue weighted by atomic mass is 32.2. The van der Waals surface area contributed by atoms with Crippen LogP contribution in [0.25, 0.3) is 0 Å². The second-order valence-corrected chi connectivity index (χ2v) is 7.91. The first-order valence-corrected chi connectivity index (χ1v) is 9.69. The fraction of sp³-hybridized carbons (Fsp3) is 0.444. The van der Waals surface area contributed by atoms with Crippen LogP contribution in [0.5, 0.6) is 0 Å². The predicted octanol–water partition coefficient (Wildman–Crippen LogP) is 2.27. The fourth-order valence-electron chi connectivity index (χ4n) is 2.86. The third-order valence-electron chi connectivity index (χ3n) is 4.28. The molecule has 138 valence electrons. The molecular weight excluding hydrogens is 348 g/mol. The summed E-state index contributed by atoms with van der Waals surface area (Å²) in [7, 11) is 3.69. The van der Waals surface area contributed by atoms with Crippen LogP contribution in [-0.2, 0) is 23.4 Å². The summed E-state index contributed by atoms with van der Waals surface area (Å²) < 4.78 is 0. The monoisotopic (exact) mass is 372 g/mol. The van der Waals surface area contributed by atoms with Crippen molar-refractivity contribution in [2.45, 2.75) is 37.2 Å². The smallest absolute Gasteiger partial charge is 0.237 e. The van der Waals surface area contributed by atoms with E-state index in [4.69, 9.17) is 5.73 Å². The molecule has 0 unspecified atom stereocenters. The summed E-state index contributed by atoms with van der Waals surface area (Å²) in [5, 5.41) is 2.77. The number of amides is 1. The zero-order valence-electron chi connectivity index (χ0n) is 15.3. The number of nitrogens with one attached hydrogen (secondary N) is 1. The third-order valence-corrected chi connectivity index (χ3v) is 5.42. The maximum absolute atomic E-state index is 12.5. The molecule has 0 bridgehead atoms. The van der Waals surface area contributed by atoms with Crippen molar-refractivity contribution in [3.8, 4) is 0 Å². The standard InChI is InChI=1S/C18H24N6OS/c1-11(26-10-15-21-17(19)23-18(22-15)24(2)3)16(25)20-14-8-7-12-5-4-6-13(12)9-14/h7-9,11H,4-6,10H2,1-3H3,(H,20,25)(H2,19,21,22,23)/t11-/m0/s1. The van der Waals surface area contributed by atoms with E-state index in [1.807, 2.05) is 27.1 Å². The van der Waals surface area contributed by atoms with Crippen molar-refractivity contribution in [2.24, 2.45) is 0 Å². The molecule has 0 saturated heterocycles. The van der Waals surface area contributed by atoms with Gasteiger partial charge in [-0.2, -0.15) is 15.0 Å². The number of carbonyl (C=O) groups excluding carboxylic acids is 1. The molecule has 26 heavy (non-hydrogen) atoms. The second-order valence-electron chi connectivity index (χ2n) is 6.58. The molecule has 1 heterocycles. The van der Waals surface area contributed by atoms with Crippen LogP contribution in [0.15, 0.2) is 18.2 Å². The third kappa shape index (κ3) is 4.43. The van der Waals surface area contributed by atoms with Gasteiger partial charge in [-0.05, 0) is 49.4 Å². The highest BCUT2D eigenvalue weighted by molar-refractivity contribution is 7.99. The van der Waals surface area contributed by atoms with Crippen LogP contribution in [0, 0.1) is 0 Å². The van der Waals surface area contributed by atoms with Crippen LogP contribution in [-0.4, -0.2) is 40.2 Å². The van der Waals surface area contributed by atoms with E-state index >= 15 is 0 Å². The van der Waals surface area contributed by atoms with Crippen LogP contribution in [0.2, 0.25) is 0 Å². The zero-order valence-corrected chi connectivity index (χ0v) is 16.1. The van der Waals surface area contributed by atoms with E-state index in [1.54, 1.807) is 4.90 Å². The van der Waals surface area contributed by atoms with E-state index in [0.717, 1.165) is 18.5 Å². The van der Waals surface area contributed by atoms with Crippen LogP contribution in [0.3, 0.4) is 0 Å². The van der Waals surface area contributed by atoms with Gasteiger partial charge in [0.15, 0.2) is 0 Å². The molecule has 8 heteroatoms. The summed E-state index contributed by atoms with van der Waals surface area (Å²) in [4.78, 5) is 26.8. The normalized spacial score (nSPS) is 14.0. The number of hydrogen-bond donors (Lipinski definition) is 2. The number of anilines is 3. The van der Waals surface area contributed by atoms with Crippen molar-refractivity contribution in [3.05, 3.63) is 35.2 Å². The van der Waals surface area contributed by atoms with Gasteiger partial charge in [0.1, 0.15) is 5.82 Å². The summed E-state index contributed by atoms with van der Waals surface area (Å²) in [6.45, 7) is 1.88. The largest absolute Gasteiger partial charge is 0.368 e. The number of aromatic nitrogens is 3. The first-order chi connectivity index (χ1) is 12.4. The number of nitrogens with two attached hydrogens (primary N) is 1. The Bertz CT molecular complexity index is 810. The molecule has 1 aliphatic carbocycles. The number of aryl methyl sites for hydroxylation is 2. The summed E-state index contributed by atoms with van der Waals surface area (Å²) in [5.41, 5.74) is 9.34. The van der Waals surface area contributed by atoms with Gasteiger partial charge in [0.2, 0.25) is 17.8 Å². The number of thioether (sulfide) groups is 1. The molecule has 3 rings (SSSR count). The van der Waals surface area contributed by atoms with Crippen molar-refractivity contribution in [1.29, 1.82) is 0 Å². The Kier molecular flexibility index (Phi) is 5.61. The molecule has 3 N–H and O–H groups in total. The molecule has 1 aliphatic rings. The molecule has 7 nitrogen and oxygen atoms in total. The van der Waals surface area contributed by atoms with Gasteiger partial charge in [-0.3, -0.25) is 4.79 Å². The molecule has 1 aromatic heterocycles. The number of hydrogen-bond acceptors (Lipinski definition) is 7. The average Bonchev–Trinajstić information content (AvgIpc) is 3.06. The van der Waals surface area contributed by atoms with E-state index in [2.05, 4.69) is 32.4 Å². The van der Waals surface area contributed by atoms with E-state index in [1.165, 1.54) is 29.3 Å². The molecule has 0 radical (unpaired) electrons. The van der Waals surface area contributed by atoms with Gasteiger partial charge in [0.05, 0.1) is 11.0 Å². The molecule has 1 aromatic carbocycles. The lowest BCUT2D eigenvalue weighted by molar-refractivity contribution is -0.115. The van der Waals surface area contributed by atoms with Gasteiger partial charge in [-0.25, -0.2) is 0 Å². The summed E-state index contributed by atoms with van der Waals surface area (Å²) in [5.74, 6) is 1.75. The SMILES string of the molecule is C[C@H](SCc1nc(N)nc(N(C)C)n1)C(=O)Nc1ccc2c(c1)CCC2. The van der Waals surface area contributed by atoms with Crippen molar-refractivity contribution in [1.82, 2.24) is 15.0 Å². The quantitative estimate of drug-likeness (QED) is 0.803. The molecule has 0 spiro atoms. The lowest BCUT2D eigenvalue weighted by Gasteiger charge is -2.14. The Morgan fingerprint density at radius 1 is 1.27 bits per heavy atom. The fourth-order valence-corrected chi connectivity index (χ4v) is 3.60. The number of fused-ring (bicyclic) bond motifs is 1. The van der Waals surface area contributed by atoms with Crippen LogP contribution in [0.1, 0.15) is 30.3 Å². The first kappa shape index (κ1) is 18.4. The average molecular weight is 372 g/mol. The Balaban J connectivity index is 1.58. The number of carbonyl (C=O) groups is 1. The molecule has 0 aliphatic heterocycles. The van der Waals surface area contributed by atoms with Crippen molar-refractivity contribution >= 4 is 35.3 Å². The topological polar surface area (TPSA) is 97.0 Å². The molecule has 0 saturated carbocycles. The lowest BCUT2D eigenvalue weighted by Crippen LogP contribution is -2.23. The Hall–Kier alpha value is -2.35. The Morgan fingerprint density at radius 3 is 2.81 bits per heavy atom. The Labute approximate surface area is 157 Å². The number of nitrogens with zero attached hydrogens (tertiary/aromatic N) is 4. The lowest BCUT2D eigenvalue weighted by atomic mass is 10.1. The first-order valence-electron chi connectivity index (χ1n) is 8.64. The molecule has 1 amide bonds. The molecule has 1 atom stereocenters. The Morgan fingerprint density at radius 2 is 2.04 bits per heavy atom. The molecule has 2 aromatic rings. The van der Waals surface area contributed by atoms with Gasteiger partial charge >= 0.3 is 0 Å². The minimum absolute atomic E-state index is 0.0252. The van der Waals surface area contributed by atoms with E-state index in [-0.39, 0.29) is 17.1 Å². The highest BCUT2D eigenvalue weighted by Gasteiger charge is 2.17. The number of benzene rings is 1. The van der Waals surface area contributed by atoms with Crippen molar-refractivity contribution in [3.63, 3.8) is 0 Å². The van der Waals surface area contributed by atoms with Crippen LogP contribution in [0.4, 0.5) is 17.6 Å². The minimum Gasteiger partial charge on any atom is -0.368 e. The zero-order chi connectivity index (χ0) is 18.7. The van der Waals surface area contributed by atoms with Gasteiger partial charge in [-0.15, -0.1) is 11.8 Å². The second kappa shape index (κ2) is 7.90. The summed E-state index contributed by atoms with van der Waals surface area (Å²) >= 11 is 1.47. The van der Waals surface area contributed by atoms with Crippen LogP contribution >= 0.6 is 11.8 Å². The maximum atomic E-state index is 12.5. The molecular formula is C18H24N6OS. The van der Waals surface area contributed by atoms with Crippen molar-refractivity contribution in [2.75, 3.05) is 30.0 Å². The summed E-state index contributed by atoms with van der Waals surface area (Å²) in [6, 6.07) is 6.19. The summed E-state index contributed by atoms with van der Waals surface area (Å²) in [6.07, 6.45) is 3.43. The minimum atomic E-state index is -0.232. The number of nitrogen functional groups attached to an aromatic ring is 1. The van der Waals surface area contributed by atoms with Gasteiger partial charge in [-0.1, -0.05) is 6.07 Å². The van der Waals surface area contributed by atoms with Crippen LogP contribution < -0.4 is 16.0 Å². The van der Waals surface area contributed by atoms with E-state index in [0.29, 0.717) is 17.5 Å². The maximum Gasteiger partial charge on any atom is 0.237 e. The van der Waals surface area contributed by atoms with Gasteiger partial charge in [0, 0.05) is 19.8 Å². The van der Waals surface area contributed by atoms with Gasteiger partial charge in [0.25, 0.3) is 0 Å². The van der Waals surface area contributed by atoms with Gasteiger partial charge < -0.3 is 16.0 Å². The predicted molar refractivity (Wildman–Crippen MR) is 106 cm³/mol. The van der Waals surface area contributed by atoms with E-state index < -0.39 is 0 Å². The van der Waals surface area contributed by atoms with E-state index in [9.17, 15) is 4.79 Å². The highest BCUT2D eigenvalue weighted by Crippen LogP contribution is 2.25. The van der Waals surface area contributed by atoms with Crippen molar-refractivity contribution < 1.29 is 4.79 Å².